The summed E-state index contributed by atoms with van der Waals surface area (Å²) in [5, 5.41) is 8.70. The largest absolute Gasteiger partial charge is 0.369 e. The molecular weight excluding hydrogens is 314 g/mol. The summed E-state index contributed by atoms with van der Waals surface area (Å²) in [5.74, 6) is 2.73. The quantitative estimate of drug-likeness (QED) is 0.742. The Bertz CT molecular complexity index is 488. The van der Waals surface area contributed by atoms with Crippen molar-refractivity contribution in [1.82, 2.24) is 9.78 Å². The second-order valence-corrected chi connectivity index (χ2v) is 7.61. The number of hydrogen-bond acceptors (Lipinski definition) is 2. The Labute approximate surface area is 129 Å². The molecule has 20 heavy (non-hydrogen) atoms. The maximum Gasteiger partial charge on any atom is 0.139 e. The topological polar surface area (TPSA) is 29.9 Å². The van der Waals surface area contributed by atoms with E-state index >= 15 is 0 Å². The smallest absolute Gasteiger partial charge is 0.139 e. The van der Waals surface area contributed by atoms with Crippen LogP contribution in [0.5, 0.6) is 0 Å². The summed E-state index contributed by atoms with van der Waals surface area (Å²) in [6, 6.07) is 0.655. The van der Waals surface area contributed by atoms with Crippen molar-refractivity contribution >= 4 is 21.7 Å². The maximum absolute atomic E-state index is 5.07. The molecule has 0 aromatic carbocycles. The van der Waals surface area contributed by atoms with Crippen LogP contribution in [0.3, 0.4) is 0 Å². The number of nitrogens with one attached hydrogen (secondary N) is 1. The van der Waals surface area contributed by atoms with Gasteiger partial charge in [-0.3, -0.25) is 0 Å². The Morgan fingerprint density at radius 2 is 1.80 bits per heavy atom. The second kappa shape index (κ2) is 5.36. The molecule has 0 amide bonds. The van der Waals surface area contributed by atoms with E-state index in [0.717, 1.165) is 12.5 Å². The SMILES string of the molecule is Brc1c(C2CCCCCC2)nn2c1NCC1CCCC12. The maximum atomic E-state index is 5.07. The fraction of sp³-hybridized carbons (Fsp3) is 0.812. The minimum Gasteiger partial charge on any atom is -0.369 e. The van der Waals surface area contributed by atoms with E-state index < -0.39 is 0 Å². The van der Waals surface area contributed by atoms with Crippen LogP contribution in [0.4, 0.5) is 5.82 Å². The van der Waals surface area contributed by atoms with Crippen molar-refractivity contribution in [3.8, 4) is 0 Å². The van der Waals surface area contributed by atoms with Crippen LogP contribution >= 0.6 is 15.9 Å². The van der Waals surface area contributed by atoms with E-state index in [1.165, 1.54) is 73.8 Å². The van der Waals surface area contributed by atoms with Crippen molar-refractivity contribution in [2.75, 3.05) is 11.9 Å². The molecule has 0 bridgehead atoms. The molecule has 0 saturated heterocycles. The van der Waals surface area contributed by atoms with Crippen LogP contribution < -0.4 is 5.32 Å². The predicted molar refractivity (Wildman–Crippen MR) is 85.2 cm³/mol. The van der Waals surface area contributed by atoms with Crippen molar-refractivity contribution in [3.05, 3.63) is 10.2 Å². The summed E-state index contributed by atoms with van der Waals surface area (Å²) in [5.41, 5.74) is 1.34. The van der Waals surface area contributed by atoms with Crippen LogP contribution in [0.1, 0.15) is 75.4 Å². The number of nitrogens with zero attached hydrogens (tertiary/aromatic N) is 2. The highest BCUT2D eigenvalue weighted by molar-refractivity contribution is 9.10. The first-order valence-electron chi connectivity index (χ1n) is 8.36. The lowest BCUT2D eigenvalue weighted by Crippen LogP contribution is -2.29. The van der Waals surface area contributed by atoms with Crippen molar-refractivity contribution in [3.63, 3.8) is 0 Å². The van der Waals surface area contributed by atoms with Crippen molar-refractivity contribution in [2.24, 2.45) is 5.92 Å². The van der Waals surface area contributed by atoms with Crippen LogP contribution in [0.2, 0.25) is 0 Å². The fourth-order valence-corrected chi connectivity index (χ4v) is 5.17. The molecule has 2 unspecified atom stereocenters. The van der Waals surface area contributed by atoms with E-state index in [4.69, 9.17) is 5.10 Å². The molecule has 110 valence electrons. The third-order valence-electron chi connectivity index (χ3n) is 5.58. The summed E-state index contributed by atoms with van der Waals surface area (Å²) < 4.78 is 3.58. The van der Waals surface area contributed by atoms with Crippen LogP contribution in [-0.2, 0) is 0 Å². The van der Waals surface area contributed by atoms with E-state index in [1.807, 2.05) is 0 Å². The highest BCUT2D eigenvalue weighted by Gasteiger charge is 2.36. The highest BCUT2D eigenvalue weighted by atomic mass is 79.9. The van der Waals surface area contributed by atoms with Crippen LogP contribution in [-0.4, -0.2) is 16.3 Å². The molecule has 1 aromatic heterocycles. The van der Waals surface area contributed by atoms with Crippen molar-refractivity contribution < 1.29 is 0 Å². The van der Waals surface area contributed by atoms with Gasteiger partial charge in [-0.2, -0.15) is 5.10 Å². The molecule has 4 rings (SSSR count). The van der Waals surface area contributed by atoms with E-state index in [0.29, 0.717) is 12.0 Å². The molecule has 3 aliphatic rings. The third-order valence-corrected chi connectivity index (χ3v) is 6.37. The zero-order valence-corrected chi connectivity index (χ0v) is 13.7. The predicted octanol–water partition coefficient (Wildman–Crippen LogP) is 4.85. The zero-order valence-electron chi connectivity index (χ0n) is 12.1. The van der Waals surface area contributed by atoms with Crippen molar-refractivity contribution in [1.29, 1.82) is 0 Å². The molecule has 2 atom stereocenters. The number of anilines is 1. The second-order valence-electron chi connectivity index (χ2n) is 6.82. The lowest BCUT2D eigenvalue weighted by molar-refractivity contribution is 0.344. The van der Waals surface area contributed by atoms with Crippen LogP contribution in [0.25, 0.3) is 0 Å². The average molecular weight is 338 g/mol. The molecule has 2 heterocycles. The van der Waals surface area contributed by atoms with E-state index in [1.54, 1.807) is 0 Å². The lowest BCUT2D eigenvalue weighted by Gasteiger charge is -2.28. The molecule has 1 N–H and O–H groups in total. The number of halogens is 1. The Morgan fingerprint density at radius 3 is 2.60 bits per heavy atom. The monoisotopic (exact) mass is 337 g/mol. The normalized spacial score (nSPS) is 30.4. The molecule has 4 heteroatoms. The first kappa shape index (κ1) is 13.2. The van der Waals surface area contributed by atoms with Gasteiger partial charge in [-0.25, -0.2) is 4.68 Å². The van der Waals surface area contributed by atoms with Gasteiger partial charge >= 0.3 is 0 Å². The standard InChI is InChI=1S/C16H24BrN3/c17-14-15(11-6-3-1-2-4-7-11)19-20-13-9-5-8-12(13)10-18-16(14)20/h11-13,18H,1-10H2. The first-order valence-corrected chi connectivity index (χ1v) is 9.15. The Morgan fingerprint density at radius 1 is 1.00 bits per heavy atom. The third kappa shape index (κ3) is 2.11. The molecule has 3 nitrogen and oxygen atoms in total. The van der Waals surface area contributed by atoms with Gasteiger partial charge in [-0.15, -0.1) is 0 Å². The van der Waals surface area contributed by atoms with Gasteiger partial charge in [0.2, 0.25) is 0 Å². The summed E-state index contributed by atoms with van der Waals surface area (Å²) in [7, 11) is 0. The van der Waals surface area contributed by atoms with Gasteiger partial charge in [0.15, 0.2) is 0 Å². The van der Waals surface area contributed by atoms with E-state index in [2.05, 4.69) is 25.9 Å². The molecule has 1 aromatic rings. The van der Waals surface area contributed by atoms with Gasteiger partial charge in [0.25, 0.3) is 0 Å². The molecule has 0 spiro atoms. The molecule has 1 aliphatic heterocycles. The minimum atomic E-state index is 0.655. The summed E-state index contributed by atoms with van der Waals surface area (Å²) in [6.45, 7) is 1.14. The lowest BCUT2D eigenvalue weighted by atomic mass is 9.97. The number of fused-ring (bicyclic) bond motifs is 3. The fourth-order valence-electron chi connectivity index (χ4n) is 4.45. The Kier molecular flexibility index (Phi) is 3.53. The first-order chi connectivity index (χ1) is 9.84. The highest BCUT2D eigenvalue weighted by Crippen LogP contribution is 2.45. The number of aromatic nitrogens is 2. The Balaban J connectivity index is 1.68. The average Bonchev–Trinajstić information content (AvgIpc) is 2.95. The number of rotatable bonds is 1. The minimum absolute atomic E-state index is 0.655. The summed E-state index contributed by atoms with van der Waals surface area (Å²) in [6.07, 6.45) is 12.3. The summed E-state index contributed by atoms with van der Waals surface area (Å²) in [4.78, 5) is 0. The molecule has 0 radical (unpaired) electrons. The van der Waals surface area contributed by atoms with Gasteiger partial charge in [-0.05, 0) is 47.5 Å². The zero-order chi connectivity index (χ0) is 13.5. The van der Waals surface area contributed by atoms with E-state index in [-0.39, 0.29) is 0 Å². The van der Waals surface area contributed by atoms with Gasteiger partial charge in [0.05, 0.1) is 16.2 Å². The van der Waals surface area contributed by atoms with Crippen LogP contribution in [0, 0.1) is 5.92 Å². The van der Waals surface area contributed by atoms with Gasteiger partial charge in [-0.1, -0.05) is 32.1 Å². The van der Waals surface area contributed by atoms with E-state index in [9.17, 15) is 0 Å². The molecule has 2 saturated carbocycles. The van der Waals surface area contributed by atoms with Gasteiger partial charge in [0, 0.05) is 12.5 Å². The molecule has 2 aliphatic carbocycles. The van der Waals surface area contributed by atoms with Crippen LogP contribution in [0.15, 0.2) is 4.47 Å². The Hall–Kier alpha value is -0.510. The number of hydrogen-bond donors (Lipinski definition) is 1. The van der Waals surface area contributed by atoms with Gasteiger partial charge in [0.1, 0.15) is 5.82 Å². The van der Waals surface area contributed by atoms with Crippen molar-refractivity contribution in [2.45, 2.75) is 69.7 Å². The molecule has 2 fully saturated rings. The summed E-state index contributed by atoms with van der Waals surface area (Å²) >= 11 is 3.85. The van der Waals surface area contributed by atoms with Gasteiger partial charge < -0.3 is 5.32 Å². The molecular formula is C16H24BrN3.